The van der Waals surface area contributed by atoms with Gasteiger partial charge in [-0.05, 0) is 30.5 Å². The van der Waals surface area contributed by atoms with Crippen LogP contribution in [0.1, 0.15) is 10.6 Å². The number of para-hydroxylation sites is 1. The average Bonchev–Trinajstić information content (AvgIpc) is 3.06. The van der Waals surface area contributed by atoms with Crippen LogP contribution in [-0.2, 0) is 0 Å². The number of benzene rings is 1. The second-order valence-electron chi connectivity index (χ2n) is 3.76. The fraction of sp³-hybridized carbons (Fsp3) is 0.0769. The number of hydrogen-bond donors (Lipinski definition) is 1. The highest BCUT2D eigenvalue weighted by Gasteiger charge is 2.13. The molecule has 2 aromatic heterocycles. The summed E-state index contributed by atoms with van der Waals surface area (Å²) in [4.78, 5) is 17.4. The summed E-state index contributed by atoms with van der Waals surface area (Å²) in [7, 11) is 0. The van der Waals surface area contributed by atoms with Crippen molar-refractivity contribution in [1.29, 1.82) is 0 Å². The van der Waals surface area contributed by atoms with Gasteiger partial charge in [0.2, 0.25) is 0 Å². The van der Waals surface area contributed by atoms with Gasteiger partial charge in [-0.2, -0.15) is 0 Å². The summed E-state index contributed by atoms with van der Waals surface area (Å²) in [5.74, 6) is -0.000830. The number of fused-ring (bicyclic) bond motifs is 1. The lowest BCUT2D eigenvalue weighted by molar-refractivity contribution is 0.0996. The number of furan rings is 1. The Morgan fingerprint density at radius 3 is 3.00 bits per heavy atom. The highest BCUT2D eigenvalue weighted by Crippen LogP contribution is 2.32. The number of nitrogens with zero attached hydrogens (tertiary/aromatic N) is 1. The molecule has 0 aliphatic carbocycles. The number of carbonyl (C=O) groups excluding carboxylic acids is 1. The molecular formula is C13H10N2O2S2. The molecule has 3 rings (SSSR count). The van der Waals surface area contributed by atoms with Gasteiger partial charge in [0.05, 0.1) is 16.5 Å². The molecule has 0 saturated carbocycles. The summed E-state index contributed by atoms with van der Waals surface area (Å²) < 4.78 is 6.10. The van der Waals surface area contributed by atoms with Gasteiger partial charge in [0.1, 0.15) is 0 Å². The Labute approximate surface area is 117 Å². The van der Waals surface area contributed by atoms with Crippen molar-refractivity contribution in [2.45, 2.75) is 4.90 Å². The summed E-state index contributed by atoms with van der Waals surface area (Å²) >= 11 is 3.10. The van der Waals surface area contributed by atoms with Gasteiger partial charge in [-0.15, -0.1) is 11.8 Å². The smallest absolute Gasteiger partial charge is 0.293 e. The van der Waals surface area contributed by atoms with Gasteiger partial charge in [-0.3, -0.25) is 10.1 Å². The number of aromatic nitrogens is 1. The summed E-state index contributed by atoms with van der Waals surface area (Å²) in [6.45, 7) is 0. The highest BCUT2D eigenvalue weighted by atomic mass is 32.2. The van der Waals surface area contributed by atoms with Crippen LogP contribution in [0.2, 0.25) is 0 Å². The first-order valence-corrected chi connectivity index (χ1v) is 7.60. The van der Waals surface area contributed by atoms with Crippen molar-refractivity contribution < 1.29 is 9.21 Å². The van der Waals surface area contributed by atoms with Crippen molar-refractivity contribution in [3.05, 3.63) is 42.4 Å². The maximum atomic E-state index is 11.9. The summed E-state index contributed by atoms with van der Waals surface area (Å²) in [5.41, 5.74) is 0.926. The molecule has 0 saturated heterocycles. The van der Waals surface area contributed by atoms with E-state index >= 15 is 0 Å². The van der Waals surface area contributed by atoms with Crippen LogP contribution >= 0.6 is 23.1 Å². The fourth-order valence-electron chi connectivity index (χ4n) is 1.71. The zero-order chi connectivity index (χ0) is 13.2. The fourth-order valence-corrected chi connectivity index (χ4v) is 3.22. The van der Waals surface area contributed by atoms with Crippen molar-refractivity contribution in [3.8, 4) is 0 Å². The van der Waals surface area contributed by atoms with Crippen LogP contribution in [0.15, 0.2) is 45.9 Å². The van der Waals surface area contributed by atoms with E-state index in [1.54, 1.807) is 23.9 Å². The van der Waals surface area contributed by atoms with E-state index in [-0.39, 0.29) is 11.7 Å². The molecule has 0 radical (unpaired) electrons. The first-order chi connectivity index (χ1) is 9.28. The van der Waals surface area contributed by atoms with E-state index in [9.17, 15) is 4.79 Å². The van der Waals surface area contributed by atoms with Gasteiger partial charge >= 0.3 is 0 Å². The third-order valence-electron chi connectivity index (χ3n) is 2.57. The van der Waals surface area contributed by atoms with E-state index in [4.69, 9.17) is 4.42 Å². The molecule has 2 heterocycles. The lowest BCUT2D eigenvalue weighted by Gasteiger charge is -1.97. The lowest BCUT2D eigenvalue weighted by Crippen LogP contribution is -2.10. The van der Waals surface area contributed by atoms with Gasteiger partial charge < -0.3 is 4.42 Å². The number of carbonyl (C=O) groups is 1. The van der Waals surface area contributed by atoms with Crippen LogP contribution in [0.5, 0.6) is 0 Å². The van der Waals surface area contributed by atoms with Crippen molar-refractivity contribution in [2.75, 3.05) is 11.6 Å². The number of rotatable bonds is 3. The van der Waals surface area contributed by atoms with Gasteiger partial charge in [0.25, 0.3) is 5.91 Å². The Morgan fingerprint density at radius 2 is 2.26 bits per heavy atom. The first-order valence-electron chi connectivity index (χ1n) is 5.56. The quantitative estimate of drug-likeness (QED) is 0.744. The zero-order valence-corrected chi connectivity index (χ0v) is 11.7. The van der Waals surface area contributed by atoms with E-state index in [1.807, 2.05) is 24.5 Å². The number of thiazole rings is 1. The molecule has 6 heteroatoms. The number of anilines is 1. The Bertz CT molecular complexity index is 719. The molecule has 1 aromatic carbocycles. The lowest BCUT2D eigenvalue weighted by atomic mass is 10.3. The molecule has 0 bridgehead atoms. The molecule has 0 fully saturated rings. The summed E-state index contributed by atoms with van der Waals surface area (Å²) in [6, 6.07) is 9.31. The molecular weight excluding hydrogens is 280 g/mol. The Kier molecular flexibility index (Phi) is 3.27. The normalized spacial score (nSPS) is 10.8. The van der Waals surface area contributed by atoms with Gasteiger partial charge in [-0.25, -0.2) is 4.98 Å². The molecule has 1 N–H and O–H groups in total. The molecule has 1 amide bonds. The van der Waals surface area contributed by atoms with Crippen LogP contribution in [0.4, 0.5) is 5.13 Å². The molecule has 0 atom stereocenters. The molecule has 0 unspecified atom stereocenters. The molecule has 4 nitrogen and oxygen atoms in total. The van der Waals surface area contributed by atoms with Crippen LogP contribution < -0.4 is 5.32 Å². The molecule has 19 heavy (non-hydrogen) atoms. The van der Waals surface area contributed by atoms with E-state index in [0.29, 0.717) is 5.13 Å². The minimum absolute atomic E-state index is 0.282. The minimum Gasteiger partial charge on any atom is -0.459 e. The standard InChI is InChI=1S/C13H10N2O2S2/c1-18-9-5-2-6-10-11(9)14-13(19-10)15-12(16)8-4-3-7-17-8/h2-7H,1H3,(H,14,15,16). The second-order valence-corrected chi connectivity index (χ2v) is 5.64. The topological polar surface area (TPSA) is 55.1 Å². The summed E-state index contributed by atoms with van der Waals surface area (Å²) in [6.07, 6.45) is 3.48. The molecule has 0 aliphatic rings. The SMILES string of the molecule is CSc1cccc2sc(NC(=O)c3ccco3)nc12. The maximum Gasteiger partial charge on any atom is 0.293 e. The van der Waals surface area contributed by atoms with E-state index in [0.717, 1.165) is 15.1 Å². The van der Waals surface area contributed by atoms with E-state index < -0.39 is 0 Å². The van der Waals surface area contributed by atoms with Crippen LogP contribution in [0.3, 0.4) is 0 Å². The largest absolute Gasteiger partial charge is 0.459 e. The molecule has 96 valence electrons. The Hall–Kier alpha value is -1.79. The Morgan fingerprint density at radius 1 is 1.37 bits per heavy atom. The molecule has 3 aromatic rings. The van der Waals surface area contributed by atoms with Crippen molar-refractivity contribution >= 4 is 44.4 Å². The van der Waals surface area contributed by atoms with Gasteiger partial charge in [0.15, 0.2) is 10.9 Å². The predicted molar refractivity (Wildman–Crippen MR) is 78.1 cm³/mol. The molecule has 0 spiro atoms. The van der Waals surface area contributed by atoms with Crippen molar-refractivity contribution in [3.63, 3.8) is 0 Å². The van der Waals surface area contributed by atoms with Gasteiger partial charge in [0, 0.05) is 4.90 Å². The summed E-state index contributed by atoms with van der Waals surface area (Å²) in [5, 5.41) is 3.33. The average molecular weight is 290 g/mol. The van der Waals surface area contributed by atoms with Crippen LogP contribution in [0, 0.1) is 0 Å². The number of nitrogens with one attached hydrogen (secondary N) is 1. The maximum absolute atomic E-state index is 11.9. The second kappa shape index (κ2) is 5.07. The third-order valence-corrected chi connectivity index (χ3v) is 4.27. The highest BCUT2D eigenvalue weighted by molar-refractivity contribution is 7.98. The van der Waals surface area contributed by atoms with Crippen LogP contribution in [-0.4, -0.2) is 17.1 Å². The first kappa shape index (κ1) is 12.3. The zero-order valence-electron chi connectivity index (χ0n) is 10.0. The number of amides is 1. The van der Waals surface area contributed by atoms with Crippen LogP contribution in [0.25, 0.3) is 10.2 Å². The van der Waals surface area contributed by atoms with E-state index in [2.05, 4.69) is 10.3 Å². The van der Waals surface area contributed by atoms with Crippen molar-refractivity contribution in [2.24, 2.45) is 0 Å². The predicted octanol–water partition coefficient (Wildman–Crippen LogP) is 3.86. The van der Waals surface area contributed by atoms with Crippen molar-refractivity contribution in [1.82, 2.24) is 4.98 Å². The van der Waals surface area contributed by atoms with Gasteiger partial charge in [-0.1, -0.05) is 17.4 Å². The number of hydrogen-bond acceptors (Lipinski definition) is 5. The molecule has 0 aliphatic heterocycles. The van der Waals surface area contributed by atoms with E-state index in [1.165, 1.54) is 17.6 Å². The Balaban J connectivity index is 1.92. The minimum atomic E-state index is -0.283. The monoisotopic (exact) mass is 290 g/mol. The number of thioether (sulfide) groups is 1. The third kappa shape index (κ3) is 2.36.